The van der Waals surface area contributed by atoms with E-state index in [0.717, 1.165) is 54.3 Å². The average molecular weight is 880 g/mol. The number of esters is 2. The molecule has 0 saturated heterocycles. The van der Waals surface area contributed by atoms with E-state index in [0.29, 0.717) is 33.4 Å². The minimum absolute atomic E-state index is 0.00373. The molecule has 0 spiro atoms. The average Bonchev–Trinajstić information content (AvgIpc) is 3.51. The van der Waals surface area contributed by atoms with Gasteiger partial charge in [-0.05, 0) is 211 Å². The molecule has 2 N–H and O–H groups in total. The van der Waals surface area contributed by atoms with Gasteiger partial charge in [0.1, 0.15) is 33.8 Å². The summed E-state index contributed by atoms with van der Waals surface area (Å²) in [6.07, 6.45) is 20.2. The van der Waals surface area contributed by atoms with E-state index in [1.807, 2.05) is 0 Å². The number of allylic oxidation sites excluding steroid dienone is 1. The second kappa shape index (κ2) is 18.4. The highest BCUT2D eigenvalue weighted by Gasteiger charge is 2.60. The molecule has 0 aromatic heterocycles. The molecule has 4 saturated carbocycles. The van der Waals surface area contributed by atoms with Crippen LogP contribution in [0.4, 0.5) is 0 Å². The lowest BCUT2D eigenvalue weighted by Gasteiger charge is -2.61. The van der Waals surface area contributed by atoms with Gasteiger partial charge in [-0.15, -0.1) is 0 Å². The number of hydrogen-bond acceptors (Lipinski definition) is 6. The van der Waals surface area contributed by atoms with E-state index in [4.69, 9.17) is 32.7 Å². The Hall–Kier alpha value is -2.70. The number of phenols is 2. The molecule has 6 nitrogen and oxygen atoms in total. The topological polar surface area (TPSA) is 93.1 Å². The van der Waals surface area contributed by atoms with Crippen molar-refractivity contribution in [3.05, 3.63) is 62.6 Å². The predicted molar refractivity (Wildman–Crippen MR) is 249 cm³/mol. The van der Waals surface area contributed by atoms with E-state index in [-0.39, 0.29) is 32.7 Å². The van der Waals surface area contributed by atoms with Crippen molar-refractivity contribution in [3.8, 4) is 11.5 Å². The molecule has 4 aliphatic rings. The monoisotopic (exact) mass is 879 g/mol. The highest BCUT2D eigenvalue weighted by Crippen LogP contribution is 2.69. The van der Waals surface area contributed by atoms with Gasteiger partial charge in [-0.25, -0.2) is 9.59 Å². The smallest absolute Gasteiger partial charge is 0.342 e. The number of fused-ring (bicyclic) bond motifs is 5. The van der Waals surface area contributed by atoms with Crippen LogP contribution in [0.1, 0.15) is 198 Å². The number of aromatic hydroxyl groups is 2. The van der Waals surface area contributed by atoms with Crippen molar-refractivity contribution in [2.75, 3.05) is 0 Å². The van der Waals surface area contributed by atoms with Crippen molar-refractivity contribution in [1.82, 2.24) is 0 Å². The maximum atomic E-state index is 13.4. The first-order chi connectivity index (χ1) is 28.4. The third-order valence-electron chi connectivity index (χ3n) is 15.9. The molecule has 6 rings (SSSR count). The molecular weight excluding hydrogens is 803 g/mol. The Bertz CT molecular complexity index is 1870. The Kier molecular flexibility index (Phi) is 14.4. The molecule has 0 bridgehead atoms. The highest BCUT2D eigenvalue weighted by atomic mass is 35.5. The standard InChI is InChI=1S/C53H76Cl2O6/c1-31(2)14-12-15-32(3)41-20-21-42-38-19-18-36-26-33(22-24-52(36,10)43(38)23-25-53(41,42)11)16-13-17-37(34-27-39(46(56)44(54)29-34)48(58)60-50(4,5)6)35-28-40(47(57)45(55)30-35)49(59)61-51(7,8)9/h17,27-33,36,38,41-43,56-57H,12-16,18-26H2,1-11H3/t32?,33-,36-,38-,41+,42-,43-,52-,53+/m0/s1. The molecule has 4 fully saturated rings. The van der Waals surface area contributed by atoms with Crippen LogP contribution in [-0.4, -0.2) is 33.4 Å². The van der Waals surface area contributed by atoms with E-state index in [9.17, 15) is 19.8 Å². The van der Waals surface area contributed by atoms with Crippen molar-refractivity contribution < 1.29 is 29.3 Å². The van der Waals surface area contributed by atoms with Crippen molar-refractivity contribution in [2.24, 2.45) is 58.2 Å². The summed E-state index contributed by atoms with van der Waals surface area (Å²) >= 11 is 13.2. The third-order valence-corrected chi connectivity index (χ3v) is 16.5. The van der Waals surface area contributed by atoms with Crippen LogP contribution in [-0.2, 0) is 9.47 Å². The van der Waals surface area contributed by atoms with Gasteiger partial charge in [0, 0.05) is 0 Å². The fraction of sp³-hybridized carbons (Fsp3) is 0.698. The van der Waals surface area contributed by atoms with Gasteiger partial charge in [0.15, 0.2) is 0 Å². The zero-order chi connectivity index (χ0) is 44.8. The fourth-order valence-electron chi connectivity index (χ4n) is 13.0. The summed E-state index contributed by atoms with van der Waals surface area (Å²) in [4.78, 5) is 26.7. The van der Waals surface area contributed by atoms with Crippen LogP contribution in [0.15, 0.2) is 30.3 Å². The minimum Gasteiger partial charge on any atom is -0.505 e. The van der Waals surface area contributed by atoms with Gasteiger partial charge in [-0.2, -0.15) is 0 Å². The molecule has 0 aliphatic heterocycles. The summed E-state index contributed by atoms with van der Waals surface area (Å²) in [6.45, 7) is 23.3. The predicted octanol–water partition coefficient (Wildman–Crippen LogP) is 15.3. The van der Waals surface area contributed by atoms with Crippen LogP contribution in [0.25, 0.3) is 5.57 Å². The van der Waals surface area contributed by atoms with Crippen molar-refractivity contribution in [3.63, 3.8) is 0 Å². The molecule has 61 heavy (non-hydrogen) atoms. The van der Waals surface area contributed by atoms with Gasteiger partial charge in [0.05, 0.1) is 10.0 Å². The number of hydrogen-bond donors (Lipinski definition) is 2. The first-order valence-corrected chi connectivity index (χ1v) is 24.4. The number of carbonyl (C=O) groups is 2. The van der Waals surface area contributed by atoms with E-state index in [1.54, 1.807) is 65.8 Å². The summed E-state index contributed by atoms with van der Waals surface area (Å²) in [5, 5.41) is 21.9. The molecule has 4 aliphatic carbocycles. The molecule has 0 heterocycles. The minimum atomic E-state index is -0.796. The van der Waals surface area contributed by atoms with Crippen molar-refractivity contribution in [2.45, 2.75) is 177 Å². The summed E-state index contributed by atoms with van der Waals surface area (Å²) in [7, 11) is 0. The Morgan fingerprint density at radius 2 is 1.30 bits per heavy atom. The van der Waals surface area contributed by atoms with Gasteiger partial charge < -0.3 is 19.7 Å². The molecule has 0 amide bonds. The Balaban J connectivity index is 1.22. The summed E-state index contributed by atoms with van der Waals surface area (Å²) < 4.78 is 11.3. The number of benzene rings is 2. The number of phenolic OH excluding ortho intramolecular Hbond substituents is 2. The van der Waals surface area contributed by atoms with Crippen LogP contribution in [0, 0.1) is 58.2 Å². The van der Waals surface area contributed by atoms with E-state index < -0.39 is 23.1 Å². The highest BCUT2D eigenvalue weighted by molar-refractivity contribution is 6.33. The fourth-order valence-corrected chi connectivity index (χ4v) is 13.4. The van der Waals surface area contributed by atoms with Crippen LogP contribution in [0.5, 0.6) is 11.5 Å². The molecule has 8 heteroatoms. The van der Waals surface area contributed by atoms with Crippen LogP contribution in [0.3, 0.4) is 0 Å². The molecule has 9 atom stereocenters. The van der Waals surface area contributed by atoms with Gasteiger partial charge in [0.25, 0.3) is 0 Å². The lowest BCUT2D eigenvalue weighted by atomic mass is 9.44. The maximum absolute atomic E-state index is 13.4. The summed E-state index contributed by atoms with van der Waals surface area (Å²) in [5.74, 6) is 4.31. The van der Waals surface area contributed by atoms with Gasteiger partial charge in [-0.1, -0.05) is 83.2 Å². The van der Waals surface area contributed by atoms with Crippen LogP contribution < -0.4 is 0 Å². The molecule has 338 valence electrons. The Labute approximate surface area is 377 Å². The number of carbonyl (C=O) groups excluding carboxylic acids is 2. The van der Waals surface area contributed by atoms with Gasteiger partial charge >= 0.3 is 11.9 Å². The van der Waals surface area contributed by atoms with E-state index in [1.165, 1.54) is 77.0 Å². The number of ether oxygens (including phenoxy) is 2. The second-order valence-corrected chi connectivity index (χ2v) is 23.5. The SMILES string of the molecule is CC(C)CCCC(C)[C@H]1CC[C@H]2[C@@H]3CC[C@H]4C[C@@H](CCC=C(c5cc(Cl)c(O)c(C(=O)OC(C)(C)C)c5)c5cc(Cl)c(O)c(C(=O)OC(C)(C)C)c5)CC[C@]4(C)[C@H]3CC[C@]12C. The number of halogens is 2. The molecule has 0 radical (unpaired) electrons. The largest absolute Gasteiger partial charge is 0.505 e. The Morgan fingerprint density at radius 1 is 0.754 bits per heavy atom. The Morgan fingerprint density at radius 3 is 1.84 bits per heavy atom. The normalized spacial score (nSPS) is 29.3. The molecule has 2 aromatic carbocycles. The quantitative estimate of drug-likeness (QED) is 0.206. The van der Waals surface area contributed by atoms with E-state index in [2.05, 4.69) is 40.7 Å². The lowest BCUT2D eigenvalue weighted by molar-refractivity contribution is -0.121. The van der Waals surface area contributed by atoms with Gasteiger partial charge in [0.2, 0.25) is 0 Å². The zero-order valence-corrected chi connectivity index (χ0v) is 40.7. The van der Waals surface area contributed by atoms with Crippen LogP contribution >= 0.6 is 23.2 Å². The molecule has 1 unspecified atom stereocenters. The number of rotatable bonds is 12. The van der Waals surface area contributed by atoms with Crippen molar-refractivity contribution in [1.29, 1.82) is 0 Å². The summed E-state index contributed by atoms with van der Waals surface area (Å²) in [5.41, 5.74) is 0.985. The summed E-state index contributed by atoms with van der Waals surface area (Å²) in [6, 6.07) is 6.39. The maximum Gasteiger partial charge on any atom is 0.342 e. The zero-order valence-electron chi connectivity index (χ0n) is 39.2. The van der Waals surface area contributed by atoms with Gasteiger partial charge in [-0.3, -0.25) is 0 Å². The first-order valence-electron chi connectivity index (χ1n) is 23.6. The molecule has 2 aromatic rings. The first kappa shape index (κ1) is 47.8. The lowest BCUT2D eigenvalue weighted by Crippen LogP contribution is -2.53. The van der Waals surface area contributed by atoms with E-state index >= 15 is 0 Å². The second-order valence-electron chi connectivity index (χ2n) is 22.7. The third kappa shape index (κ3) is 10.5. The van der Waals surface area contributed by atoms with Crippen LogP contribution in [0.2, 0.25) is 10.0 Å². The molecular formula is C53H76Cl2O6. The van der Waals surface area contributed by atoms with Crippen molar-refractivity contribution >= 4 is 40.7 Å².